The molecule has 0 bridgehead atoms. The first-order valence-electron chi connectivity index (χ1n) is 13.2. The SMILES string of the molecule is [B][C@@H]1C(=O)CC[C@@]2(C)[C@@H]1C[C@@H](OC(C)=O)[C@@H]1[C@@H]2C[C@H](O)[C@]2(C)C([C@H](C)CCC(=O)OC)CC[C@@H]12. The maximum atomic E-state index is 12.5. The molecule has 11 atom stereocenters. The van der Waals surface area contributed by atoms with E-state index in [1.165, 1.54) is 14.0 Å². The van der Waals surface area contributed by atoms with Crippen molar-refractivity contribution in [1.82, 2.24) is 0 Å². The second-order valence-corrected chi connectivity index (χ2v) is 12.2. The minimum atomic E-state index is -0.530. The van der Waals surface area contributed by atoms with Crippen molar-refractivity contribution in [3.05, 3.63) is 0 Å². The van der Waals surface area contributed by atoms with E-state index in [9.17, 15) is 19.5 Å². The minimum absolute atomic E-state index is 0.0351. The number of aliphatic hydroxyl groups is 1. The van der Waals surface area contributed by atoms with Gasteiger partial charge in [0.25, 0.3) is 0 Å². The molecule has 6 nitrogen and oxygen atoms in total. The van der Waals surface area contributed by atoms with Crippen LogP contribution in [0.1, 0.15) is 79.1 Å². The molecule has 0 aliphatic heterocycles. The van der Waals surface area contributed by atoms with Crippen molar-refractivity contribution in [3.63, 3.8) is 0 Å². The molecule has 7 heteroatoms. The Labute approximate surface area is 205 Å². The van der Waals surface area contributed by atoms with Crippen LogP contribution in [-0.2, 0) is 23.9 Å². The van der Waals surface area contributed by atoms with E-state index in [1.807, 2.05) is 0 Å². The predicted molar refractivity (Wildman–Crippen MR) is 128 cm³/mol. The van der Waals surface area contributed by atoms with Gasteiger partial charge in [-0.25, -0.2) is 0 Å². The molecule has 4 aliphatic rings. The van der Waals surface area contributed by atoms with Crippen molar-refractivity contribution in [1.29, 1.82) is 0 Å². The average molecular weight is 472 g/mol. The highest BCUT2D eigenvalue weighted by Gasteiger charge is 2.67. The molecule has 0 saturated heterocycles. The fraction of sp³-hybridized carbons (Fsp3) is 0.889. The molecule has 0 amide bonds. The summed E-state index contributed by atoms with van der Waals surface area (Å²) >= 11 is 0. The quantitative estimate of drug-likeness (QED) is 0.483. The van der Waals surface area contributed by atoms with Gasteiger partial charge in [0.15, 0.2) is 0 Å². The topological polar surface area (TPSA) is 89.9 Å². The number of esters is 2. The van der Waals surface area contributed by atoms with Crippen LogP contribution in [0, 0.1) is 46.3 Å². The smallest absolute Gasteiger partial charge is 0.305 e. The molecule has 1 unspecified atom stereocenters. The zero-order chi connectivity index (χ0) is 25.0. The van der Waals surface area contributed by atoms with Crippen LogP contribution < -0.4 is 0 Å². The van der Waals surface area contributed by atoms with E-state index in [0.717, 1.165) is 25.7 Å². The van der Waals surface area contributed by atoms with Crippen LogP contribution in [0.5, 0.6) is 0 Å². The van der Waals surface area contributed by atoms with Crippen molar-refractivity contribution >= 4 is 25.6 Å². The second kappa shape index (κ2) is 9.26. The Bertz CT molecular complexity index is 830. The number of rotatable bonds is 5. The maximum absolute atomic E-state index is 12.5. The van der Waals surface area contributed by atoms with Gasteiger partial charge in [0.1, 0.15) is 11.9 Å². The van der Waals surface area contributed by atoms with Crippen LogP contribution in [-0.4, -0.2) is 50.0 Å². The zero-order valence-corrected chi connectivity index (χ0v) is 21.4. The van der Waals surface area contributed by atoms with Gasteiger partial charge in [-0.1, -0.05) is 20.8 Å². The number of aliphatic hydroxyl groups excluding tert-OH is 1. The van der Waals surface area contributed by atoms with Crippen LogP contribution >= 0.6 is 0 Å². The summed E-state index contributed by atoms with van der Waals surface area (Å²) in [6.45, 7) is 8.12. The maximum Gasteiger partial charge on any atom is 0.305 e. The Morgan fingerprint density at radius 1 is 1.18 bits per heavy atom. The second-order valence-electron chi connectivity index (χ2n) is 12.2. The number of carbonyl (C=O) groups is 3. The van der Waals surface area contributed by atoms with Gasteiger partial charge in [0.05, 0.1) is 21.1 Å². The third-order valence-electron chi connectivity index (χ3n) is 10.9. The molecule has 0 spiro atoms. The monoisotopic (exact) mass is 472 g/mol. The first-order valence-corrected chi connectivity index (χ1v) is 13.2. The van der Waals surface area contributed by atoms with Crippen LogP contribution in [0.15, 0.2) is 0 Å². The third kappa shape index (κ3) is 3.94. The summed E-state index contributed by atoms with van der Waals surface area (Å²) in [5, 5.41) is 11.7. The van der Waals surface area contributed by atoms with E-state index in [4.69, 9.17) is 17.3 Å². The van der Waals surface area contributed by atoms with E-state index in [1.54, 1.807) is 0 Å². The van der Waals surface area contributed by atoms with E-state index >= 15 is 0 Å². The lowest BCUT2D eigenvalue weighted by molar-refractivity contribution is -0.211. The number of Topliss-reactive ketones (excluding diaryl/α,β-unsaturated/α-hetero) is 1. The third-order valence-corrected chi connectivity index (χ3v) is 10.9. The Morgan fingerprint density at radius 2 is 1.88 bits per heavy atom. The van der Waals surface area contributed by atoms with E-state index in [-0.39, 0.29) is 70.2 Å². The van der Waals surface area contributed by atoms with Crippen molar-refractivity contribution in [2.45, 2.75) is 97.1 Å². The van der Waals surface area contributed by atoms with Gasteiger partial charge in [-0.15, -0.1) is 0 Å². The van der Waals surface area contributed by atoms with Crippen LogP contribution in [0.25, 0.3) is 0 Å². The summed E-state index contributed by atoms with van der Waals surface area (Å²) < 4.78 is 10.8. The summed E-state index contributed by atoms with van der Waals surface area (Å²) in [6, 6.07) is 0. The summed E-state index contributed by atoms with van der Waals surface area (Å²) in [6.07, 6.45) is 4.88. The van der Waals surface area contributed by atoms with Gasteiger partial charge < -0.3 is 19.4 Å². The van der Waals surface area contributed by atoms with E-state index < -0.39 is 11.9 Å². The molecule has 4 fully saturated rings. The van der Waals surface area contributed by atoms with Gasteiger partial charge >= 0.3 is 11.9 Å². The van der Waals surface area contributed by atoms with Crippen molar-refractivity contribution in [2.24, 2.45) is 46.3 Å². The van der Waals surface area contributed by atoms with Gasteiger partial charge in [0.2, 0.25) is 0 Å². The first-order chi connectivity index (χ1) is 15.9. The molecule has 0 aromatic rings. The fourth-order valence-electron chi connectivity index (χ4n) is 9.07. The molecule has 188 valence electrons. The number of carbonyl (C=O) groups excluding carboxylic acids is 3. The zero-order valence-electron chi connectivity index (χ0n) is 21.4. The molecule has 2 radical (unpaired) electrons. The molecule has 1 N–H and O–H groups in total. The molecular weight excluding hydrogens is 431 g/mol. The standard InChI is InChI=1S/C27H41BO6/c1-14(6-9-23(32)33-5)16-7-8-17-24-18(13-22(31)27(16,17)4)26(3)11-10-20(30)25(28)19(26)12-21(24)34-15(2)29/h14,16-19,21-22,24-25,31H,6-13H2,1-5H3/t14-,16?,17+,18+,19-,21-,22+,24+,25+,26-,27-/m1/s1. The van der Waals surface area contributed by atoms with Gasteiger partial charge in [-0.2, -0.15) is 0 Å². The van der Waals surface area contributed by atoms with E-state index in [2.05, 4.69) is 20.8 Å². The Morgan fingerprint density at radius 3 is 2.53 bits per heavy atom. The van der Waals surface area contributed by atoms with Crippen LogP contribution in [0.2, 0.25) is 5.82 Å². The molecule has 0 aromatic carbocycles. The number of ketones is 1. The van der Waals surface area contributed by atoms with E-state index in [0.29, 0.717) is 25.7 Å². The van der Waals surface area contributed by atoms with Gasteiger partial charge in [-0.05, 0) is 84.8 Å². The fourth-order valence-corrected chi connectivity index (χ4v) is 9.07. The molecule has 0 aromatic heterocycles. The Balaban J connectivity index is 1.67. The highest BCUT2D eigenvalue weighted by atomic mass is 16.5. The predicted octanol–water partition coefficient (Wildman–Crippen LogP) is 3.88. The molecule has 0 heterocycles. The number of methoxy groups -OCH3 is 1. The van der Waals surface area contributed by atoms with Crippen molar-refractivity contribution in [3.8, 4) is 0 Å². The summed E-state index contributed by atoms with van der Waals surface area (Å²) in [5.41, 5.74) is -0.448. The Kier molecular flexibility index (Phi) is 7.00. The number of ether oxygens (including phenoxy) is 2. The van der Waals surface area contributed by atoms with Crippen LogP contribution in [0.4, 0.5) is 0 Å². The molecule has 4 aliphatic carbocycles. The normalized spacial score (nSPS) is 46.6. The summed E-state index contributed by atoms with van der Waals surface area (Å²) in [7, 11) is 7.86. The van der Waals surface area contributed by atoms with Crippen LogP contribution in [0.3, 0.4) is 0 Å². The molecule has 4 rings (SSSR count). The number of hydrogen-bond donors (Lipinski definition) is 1. The largest absolute Gasteiger partial charge is 0.469 e. The van der Waals surface area contributed by atoms with Crippen molar-refractivity contribution in [2.75, 3.05) is 7.11 Å². The number of fused-ring (bicyclic) bond motifs is 5. The lowest BCUT2D eigenvalue weighted by atomic mass is 9.40. The Hall–Kier alpha value is -1.37. The lowest BCUT2D eigenvalue weighted by Gasteiger charge is -2.64. The van der Waals surface area contributed by atoms with Gasteiger partial charge in [-0.3, -0.25) is 9.59 Å². The summed E-state index contributed by atoms with van der Waals surface area (Å²) in [5.74, 6) is 0.148. The molecule has 4 saturated carbocycles. The van der Waals surface area contributed by atoms with Gasteiger partial charge in [0, 0.05) is 25.7 Å². The molecular formula is C27H41BO6. The highest BCUT2D eigenvalue weighted by Crippen LogP contribution is 2.69. The first kappa shape index (κ1) is 25.7. The highest BCUT2D eigenvalue weighted by molar-refractivity contribution is 6.24. The van der Waals surface area contributed by atoms with Crippen molar-refractivity contribution < 1.29 is 29.0 Å². The number of hydrogen-bond acceptors (Lipinski definition) is 6. The lowest BCUT2D eigenvalue weighted by Crippen LogP contribution is -2.63. The average Bonchev–Trinajstić information content (AvgIpc) is 3.14. The summed E-state index contributed by atoms with van der Waals surface area (Å²) in [4.78, 5) is 36.4. The molecule has 34 heavy (non-hydrogen) atoms. The minimum Gasteiger partial charge on any atom is -0.469 e.